The van der Waals surface area contributed by atoms with Gasteiger partial charge < -0.3 is 15.5 Å². The molecule has 2 aliphatic rings. The third-order valence-corrected chi connectivity index (χ3v) is 7.76. The number of nitrogens with one attached hydrogen (secondary N) is 2. The van der Waals surface area contributed by atoms with E-state index in [-0.39, 0.29) is 23.0 Å². The first-order chi connectivity index (χ1) is 16.9. The smallest absolute Gasteiger partial charge is 0.221 e. The molecule has 0 aromatic heterocycles. The monoisotopic (exact) mass is 479 g/mol. The number of piperidine rings is 1. The van der Waals surface area contributed by atoms with Crippen LogP contribution >= 0.6 is 0 Å². The molecule has 4 rings (SSSR count). The maximum absolute atomic E-state index is 13.4. The molecule has 6 heteroatoms. The van der Waals surface area contributed by atoms with E-state index in [1.165, 1.54) is 24.6 Å². The Morgan fingerprint density at radius 1 is 1.06 bits per heavy atom. The minimum Gasteiger partial charge on any atom is -0.356 e. The van der Waals surface area contributed by atoms with Gasteiger partial charge in [0, 0.05) is 31.0 Å². The van der Waals surface area contributed by atoms with Gasteiger partial charge in [0.2, 0.25) is 11.8 Å². The van der Waals surface area contributed by atoms with E-state index in [9.17, 15) is 14.0 Å². The standard InChI is InChI=1S/C29H38FN3O2/c1-22(34)32-27-7-4-6-24(20-27)23-12-18-33(19-13-23)17-5-16-31-28(35)21-29(14-2-3-15-29)25-8-10-26(30)11-9-25/h4,6-11,20,23H,2-3,5,12-19,21H2,1H3,(H,31,35)(H,32,34). The van der Waals surface area contributed by atoms with Gasteiger partial charge in [-0.2, -0.15) is 0 Å². The fourth-order valence-electron chi connectivity index (χ4n) is 5.89. The lowest BCUT2D eigenvalue weighted by atomic mass is 9.76. The van der Waals surface area contributed by atoms with Crippen LogP contribution in [0, 0.1) is 5.82 Å². The Morgan fingerprint density at radius 2 is 1.77 bits per heavy atom. The van der Waals surface area contributed by atoms with Gasteiger partial charge in [0.25, 0.3) is 0 Å². The summed E-state index contributed by atoms with van der Waals surface area (Å²) < 4.78 is 13.4. The molecular formula is C29H38FN3O2. The summed E-state index contributed by atoms with van der Waals surface area (Å²) in [7, 11) is 0. The normalized spacial score (nSPS) is 18.3. The zero-order chi connectivity index (χ0) is 24.7. The van der Waals surface area contributed by atoms with Crippen LogP contribution in [0.3, 0.4) is 0 Å². The summed E-state index contributed by atoms with van der Waals surface area (Å²) in [6.07, 6.45) is 7.88. The highest BCUT2D eigenvalue weighted by Gasteiger charge is 2.37. The maximum atomic E-state index is 13.4. The van der Waals surface area contributed by atoms with Crippen LogP contribution in [0.4, 0.5) is 10.1 Å². The second-order valence-electron chi connectivity index (χ2n) is 10.3. The second-order valence-corrected chi connectivity index (χ2v) is 10.3. The minimum atomic E-state index is -0.228. The summed E-state index contributed by atoms with van der Waals surface area (Å²) in [5, 5.41) is 6.01. The first kappa shape index (κ1) is 25.4. The predicted octanol–water partition coefficient (Wildman–Crippen LogP) is 5.37. The highest BCUT2D eigenvalue weighted by Crippen LogP contribution is 2.43. The Balaban J connectivity index is 1.18. The average molecular weight is 480 g/mol. The van der Waals surface area contributed by atoms with Crippen molar-refractivity contribution in [3.63, 3.8) is 0 Å². The van der Waals surface area contributed by atoms with E-state index in [1.807, 2.05) is 24.3 Å². The van der Waals surface area contributed by atoms with Crippen LogP contribution in [0.25, 0.3) is 0 Å². The second kappa shape index (κ2) is 11.8. The van der Waals surface area contributed by atoms with E-state index in [0.717, 1.165) is 75.8 Å². The van der Waals surface area contributed by atoms with Crippen LogP contribution in [0.2, 0.25) is 0 Å². The molecule has 1 aliphatic carbocycles. The van der Waals surface area contributed by atoms with Crippen molar-refractivity contribution in [2.24, 2.45) is 0 Å². The molecule has 2 aromatic carbocycles. The van der Waals surface area contributed by atoms with Crippen molar-refractivity contribution >= 4 is 17.5 Å². The molecule has 0 atom stereocenters. The lowest BCUT2D eigenvalue weighted by Gasteiger charge is -2.32. The summed E-state index contributed by atoms with van der Waals surface area (Å²) in [6.45, 7) is 5.32. The SMILES string of the molecule is CC(=O)Nc1cccc(C2CCN(CCCNC(=O)CC3(c4ccc(F)cc4)CCCC3)CC2)c1. The van der Waals surface area contributed by atoms with Crippen molar-refractivity contribution in [2.75, 3.05) is 31.5 Å². The first-order valence-corrected chi connectivity index (χ1v) is 13.1. The number of nitrogens with zero attached hydrogens (tertiary/aromatic N) is 1. The number of halogens is 1. The Kier molecular flexibility index (Phi) is 8.55. The van der Waals surface area contributed by atoms with Gasteiger partial charge in [0.15, 0.2) is 0 Å². The Hall–Kier alpha value is -2.73. The van der Waals surface area contributed by atoms with Crippen molar-refractivity contribution in [3.05, 3.63) is 65.5 Å². The predicted molar refractivity (Wildman–Crippen MR) is 138 cm³/mol. The topological polar surface area (TPSA) is 61.4 Å². The molecule has 1 aliphatic heterocycles. The fourth-order valence-corrected chi connectivity index (χ4v) is 5.89. The Bertz CT molecular complexity index is 993. The van der Waals surface area contributed by atoms with Crippen LogP contribution in [-0.4, -0.2) is 42.9 Å². The zero-order valence-corrected chi connectivity index (χ0v) is 20.8. The van der Waals surface area contributed by atoms with Crippen molar-refractivity contribution < 1.29 is 14.0 Å². The molecule has 0 spiro atoms. The van der Waals surface area contributed by atoms with Gasteiger partial charge in [-0.05, 0) is 93.0 Å². The lowest BCUT2D eigenvalue weighted by Crippen LogP contribution is -2.37. The fraction of sp³-hybridized carbons (Fsp3) is 0.517. The highest BCUT2D eigenvalue weighted by atomic mass is 19.1. The number of hydrogen-bond acceptors (Lipinski definition) is 3. The number of anilines is 1. The molecule has 0 bridgehead atoms. The van der Waals surface area contributed by atoms with Gasteiger partial charge in [-0.15, -0.1) is 0 Å². The van der Waals surface area contributed by atoms with Crippen molar-refractivity contribution in [1.82, 2.24) is 10.2 Å². The molecule has 1 saturated carbocycles. The molecule has 1 heterocycles. The summed E-state index contributed by atoms with van der Waals surface area (Å²) in [4.78, 5) is 26.6. The highest BCUT2D eigenvalue weighted by molar-refractivity contribution is 5.88. The van der Waals surface area contributed by atoms with Crippen molar-refractivity contribution in [3.8, 4) is 0 Å². The molecule has 0 unspecified atom stereocenters. The Morgan fingerprint density at radius 3 is 2.46 bits per heavy atom. The van der Waals surface area contributed by atoms with Crippen LogP contribution in [0.1, 0.15) is 75.3 Å². The summed E-state index contributed by atoms with van der Waals surface area (Å²) >= 11 is 0. The first-order valence-electron chi connectivity index (χ1n) is 13.1. The van der Waals surface area contributed by atoms with Gasteiger partial charge in [-0.1, -0.05) is 37.1 Å². The molecule has 2 amide bonds. The van der Waals surface area contributed by atoms with Crippen LogP contribution in [0.15, 0.2) is 48.5 Å². The quantitative estimate of drug-likeness (QED) is 0.475. The van der Waals surface area contributed by atoms with Crippen LogP contribution in [0.5, 0.6) is 0 Å². The molecule has 2 fully saturated rings. The van der Waals surface area contributed by atoms with Gasteiger partial charge >= 0.3 is 0 Å². The summed E-state index contributed by atoms with van der Waals surface area (Å²) in [5.74, 6) is 0.356. The number of benzene rings is 2. The Labute approximate surface area is 208 Å². The zero-order valence-electron chi connectivity index (χ0n) is 20.8. The largest absolute Gasteiger partial charge is 0.356 e. The molecule has 1 saturated heterocycles. The third-order valence-electron chi connectivity index (χ3n) is 7.76. The average Bonchev–Trinajstić information content (AvgIpc) is 3.32. The van der Waals surface area contributed by atoms with E-state index in [0.29, 0.717) is 18.9 Å². The number of amides is 2. The van der Waals surface area contributed by atoms with Crippen molar-refractivity contribution in [1.29, 1.82) is 0 Å². The molecule has 2 aromatic rings. The number of rotatable bonds is 9. The van der Waals surface area contributed by atoms with E-state index in [2.05, 4.69) is 27.7 Å². The molecule has 2 N–H and O–H groups in total. The molecule has 0 radical (unpaired) electrons. The molecule has 5 nitrogen and oxygen atoms in total. The molecule has 188 valence electrons. The maximum Gasteiger partial charge on any atom is 0.221 e. The van der Waals surface area contributed by atoms with Crippen molar-refractivity contribution in [2.45, 2.75) is 69.6 Å². The van der Waals surface area contributed by atoms with Gasteiger partial charge in [-0.3, -0.25) is 9.59 Å². The number of hydrogen-bond donors (Lipinski definition) is 2. The van der Waals surface area contributed by atoms with Crippen LogP contribution in [-0.2, 0) is 15.0 Å². The third kappa shape index (κ3) is 6.91. The number of likely N-dealkylation sites (tertiary alicyclic amines) is 1. The number of carbonyl (C=O) groups excluding carboxylic acids is 2. The van der Waals surface area contributed by atoms with Gasteiger partial charge in [-0.25, -0.2) is 4.39 Å². The lowest BCUT2D eigenvalue weighted by molar-refractivity contribution is -0.122. The molecular weight excluding hydrogens is 441 g/mol. The van der Waals surface area contributed by atoms with E-state index in [4.69, 9.17) is 0 Å². The minimum absolute atomic E-state index is 0.0436. The summed E-state index contributed by atoms with van der Waals surface area (Å²) in [6, 6.07) is 14.9. The van der Waals surface area contributed by atoms with E-state index < -0.39 is 0 Å². The van der Waals surface area contributed by atoms with E-state index in [1.54, 1.807) is 0 Å². The summed E-state index contributed by atoms with van der Waals surface area (Å²) in [5.41, 5.74) is 3.12. The van der Waals surface area contributed by atoms with E-state index >= 15 is 0 Å². The number of carbonyl (C=O) groups is 2. The van der Waals surface area contributed by atoms with Gasteiger partial charge in [0.1, 0.15) is 5.82 Å². The van der Waals surface area contributed by atoms with Gasteiger partial charge in [0.05, 0.1) is 0 Å². The van der Waals surface area contributed by atoms with Crippen LogP contribution < -0.4 is 10.6 Å². The molecule has 35 heavy (non-hydrogen) atoms.